The van der Waals surface area contributed by atoms with E-state index in [0.29, 0.717) is 5.69 Å². The van der Waals surface area contributed by atoms with Crippen LogP contribution in [0.1, 0.15) is 17.6 Å². The van der Waals surface area contributed by atoms with Crippen molar-refractivity contribution in [3.63, 3.8) is 0 Å². The summed E-state index contributed by atoms with van der Waals surface area (Å²) in [6, 6.07) is 0. The molecule has 0 N–H and O–H groups in total. The number of aromatic nitrogens is 1. The largest absolute Gasteiger partial charge is 0.457 e. The summed E-state index contributed by atoms with van der Waals surface area (Å²) < 4.78 is 4.69. The molecule has 0 aliphatic carbocycles. The van der Waals surface area contributed by atoms with Gasteiger partial charge in [0.2, 0.25) is 0 Å². The zero-order chi connectivity index (χ0) is 10.6. The summed E-state index contributed by atoms with van der Waals surface area (Å²) in [7, 11) is 0. The van der Waals surface area contributed by atoms with Crippen molar-refractivity contribution in [3.8, 4) is 0 Å². The molecule has 1 aromatic heterocycles. The Balaban J connectivity index is 2.37. The van der Waals surface area contributed by atoms with Crippen molar-refractivity contribution in [2.75, 3.05) is 6.61 Å². The van der Waals surface area contributed by atoms with Crippen molar-refractivity contribution in [2.45, 2.75) is 20.3 Å². The molecule has 1 rings (SSSR count). The van der Waals surface area contributed by atoms with Gasteiger partial charge in [-0.3, -0.25) is 9.59 Å². The van der Waals surface area contributed by atoms with Gasteiger partial charge in [-0.05, 0) is 13.8 Å². The smallest absolute Gasteiger partial charge is 0.312 e. The molecule has 4 nitrogen and oxygen atoms in total. The topological polar surface area (TPSA) is 56.3 Å². The van der Waals surface area contributed by atoms with Crippen LogP contribution in [-0.2, 0) is 20.7 Å². The van der Waals surface area contributed by atoms with Gasteiger partial charge in [0.05, 0.1) is 17.1 Å². The van der Waals surface area contributed by atoms with Crippen LogP contribution in [-0.4, -0.2) is 23.3 Å². The van der Waals surface area contributed by atoms with Gasteiger partial charge in [0.1, 0.15) is 6.61 Å². The number of thiazole rings is 1. The second-order valence-corrected chi connectivity index (χ2v) is 3.96. The number of hydrogen-bond acceptors (Lipinski definition) is 5. The predicted octanol–water partition coefficient (Wildman–Crippen LogP) is 1.13. The number of ketones is 1. The van der Waals surface area contributed by atoms with E-state index < -0.39 is 5.97 Å². The van der Waals surface area contributed by atoms with Gasteiger partial charge in [0.25, 0.3) is 0 Å². The van der Waals surface area contributed by atoms with E-state index in [4.69, 9.17) is 4.74 Å². The third-order valence-electron chi connectivity index (χ3n) is 1.43. The normalized spacial score (nSPS) is 9.86. The monoisotopic (exact) mass is 213 g/mol. The van der Waals surface area contributed by atoms with Crippen molar-refractivity contribution in [3.05, 3.63) is 16.1 Å². The lowest BCUT2D eigenvalue weighted by Crippen LogP contribution is -2.13. The number of hydrogen-bond donors (Lipinski definition) is 0. The van der Waals surface area contributed by atoms with E-state index in [2.05, 4.69) is 4.98 Å². The van der Waals surface area contributed by atoms with E-state index in [0.717, 1.165) is 5.01 Å². The van der Waals surface area contributed by atoms with E-state index in [1.54, 1.807) is 0 Å². The summed E-state index contributed by atoms with van der Waals surface area (Å²) in [5.41, 5.74) is 0.695. The van der Waals surface area contributed by atoms with E-state index >= 15 is 0 Å². The van der Waals surface area contributed by atoms with Crippen LogP contribution in [0.3, 0.4) is 0 Å². The molecule has 0 unspecified atom stereocenters. The minimum atomic E-state index is -0.412. The molecule has 76 valence electrons. The van der Waals surface area contributed by atoms with Gasteiger partial charge in [-0.15, -0.1) is 11.3 Å². The van der Waals surface area contributed by atoms with Crippen LogP contribution in [0.5, 0.6) is 0 Å². The van der Waals surface area contributed by atoms with Crippen LogP contribution >= 0.6 is 11.3 Å². The maximum absolute atomic E-state index is 11.1. The Morgan fingerprint density at radius 1 is 1.57 bits per heavy atom. The average molecular weight is 213 g/mol. The highest BCUT2D eigenvalue weighted by Crippen LogP contribution is 2.08. The minimum absolute atomic E-state index is 0.137. The van der Waals surface area contributed by atoms with Crippen LogP contribution in [0.4, 0.5) is 0 Å². The lowest BCUT2D eigenvalue weighted by atomic mass is 10.3. The summed E-state index contributed by atoms with van der Waals surface area (Å²) in [6.45, 7) is 3.09. The molecule has 0 aromatic carbocycles. The van der Waals surface area contributed by atoms with Gasteiger partial charge in [0, 0.05) is 5.38 Å². The molecule has 0 fully saturated rings. The second kappa shape index (κ2) is 4.85. The molecule has 0 spiro atoms. The molecule has 5 heteroatoms. The molecule has 0 atom stereocenters. The number of esters is 1. The van der Waals surface area contributed by atoms with Crippen molar-refractivity contribution >= 4 is 23.1 Å². The van der Waals surface area contributed by atoms with Gasteiger partial charge in [-0.1, -0.05) is 0 Å². The highest BCUT2D eigenvalue weighted by atomic mass is 32.1. The molecule has 0 saturated carbocycles. The first kappa shape index (κ1) is 10.8. The van der Waals surface area contributed by atoms with E-state index in [-0.39, 0.29) is 18.8 Å². The summed E-state index contributed by atoms with van der Waals surface area (Å²) in [4.78, 5) is 25.7. The van der Waals surface area contributed by atoms with Crippen LogP contribution in [0, 0.1) is 6.92 Å². The van der Waals surface area contributed by atoms with Gasteiger partial charge in [-0.25, -0.2) is 4.98 Å². The highest BCUT2D eigenvalue weighted by molar-refractivity contribution is 7.09. The van der Waals surface area contributed by atoms with Gasteiger partial charge < -0.3 is 4.74 Å². The fraction of sp³-hybridized carbons (Fsp3) is 0.444. The van der Waals surface area contributed by atoms with Crippen LogP contribution < -0.4 is 0 Å². The summed E-state index contributed by atoms with van der Waals surface area (Å²) in [5.74, 6) is -0.571. The third kappa shape index (κ3) is 3.66. The summed E-state index contributed by atoms with van der Waals surface area (Å²) in [5, 5.41) is 2.73. The molecule has 1 heterocycles. The van der Waals surface area contributed by atoms with Crippen LogP contribution in [0.25, 0.3) is 0 Å². The molecule has 0 aliphatic rings. The Hall–Kier alpha value is -1.23. The van der Waals surface area contributed by atoms with Gasteiger partial charge in [0.15, 0.2) is 5.78 Å². The molecule has 14 heavy (non-hydrogen) atoms. The molecule has 0 aliphatic heterocycles. The molecule has 0 saturated heterocycles. The Morgan fingerprint density at radius 3 is 2.79 bits per heavy atom. The van der Waals surface area contributed by atoms with Crippen molar-refractivity contribution in [2.24, 2.45) is 0 Å². The fourth-order valence-corrected chi connectivity index (χ4v) is 1.48. The van der Waals surface area contributed by atoms with E-state index in [1.807, 2.05) is 12.3 Å². The lowest BCUT2D eigenvalue weighted by Gasteiger charge is -1.99. The summed E-state index contributed by atoms with van der Waals surface area (Å²) in [6.07, 6.45) is 0.137. The molecular weight excluding hydrogens is 202 g/mol. The number of rotatable bonds is 4. The standard InChI is InChI=1S/C9H11NO3S/c1-6(11)4-13-9(12)3-8-5-14-7(2)10-8/h5H,3-4H2,1-2H3. The third-order valence-corrected chi connectivity index (χ3v) is 2.25. The Labute approximate surface area is 85.9 Å². The van der Waals surface area contributed by atoms with Crippen LogP contribution in [0.2, 0.25) is 0 Å². The number of carbonyl (C=O) groups is 2. The van der Waals surface area contributed by atoms with Gasteiger partial charge in [-0.2, -0.15) is 0 Å². The van der Waals surface area contributed by atoms with Crippen molar-refractivity contribution in [1.82, 2.24) is 4.98 Å². The summed E-state index contributed by atoms with van der Waals surface area (Å²) >= 11 is 1.48. The minimum Gasteiger partial charge on any atom is -0.457 e. The van der Waals surface area contributed by atoms with Crippen LogP contribution in [0.15, 0.2) is 5.38 Å². The number of ether oxygens (including phenoxy) is 1. The fourth-order valence-electron chi connectivity index (χ4n) is 0.870. The van der Waals surface area contributed by atoms with Crippen molar-refractivity contribution in [1.29, 1.82) is 0 Å². The molecule has 1 aromatic rings. The zero-order valence-corrected chi connectivity index (χ0v) is 8.89. The highest BCUT2D eigenvalue weighted by Gasteiger charge is 2.08. The SMILES string of the molecule is CC(=O)COC(=O)Cc1csc(C)n1. The molecular formula is C9H11NO3S. The second-order valence-electron chi connectivity index (χ2n) is 2.90. The average Bonchev–Trinajstić information content (AvgIpc) is 2.48. The maximum Gasteiger partial charge on any atom is 0.312 e. The molecule has 0 bridgehead atoms. The first-order valence-electron chi connectivity index (χ1n) is 4.14. The molecule has 0 amide bonds. The van der Waals surface area contributed by atoms with E-state index in [1.165, 1.54) is 18.3 Å². The Kier molecular flexibility index (Phi) is 3.76. The molecule has 0 radical (unpaired) electrons. The number of Topliss-reactive ketones (excluding diaryl/α,β-unsaturated/α-hetero) is 1. The first-order valence-corrected chi connectivity index (χ1v) is 5.02. The number of aryl methyl sites for hydroxylation is 1. The number of nitrogens with zero attached hydrogens (tertiary/aromatic N) is 1. The van der Waals surface area contributed by atoms with Crippen molar-refractivity contribution < 1.29 is 14.3 Å². The van der Waals surface area contributed by atoms with E-state index in [9.17, 15) is 9.59 Å². The predicted molar refractivity (Wildman–Crippen MR) is 52.2 cm³/mol. The Morgan fingerprint density at radius 2 is 2.29 bits per heavy atom. The first-order chi connectivity index (χ1) is 6.58. The number of carbonyl (C=O) groups excluding carboxylic acids is 2. The lowest BCUT2D eigenvalue weighted by molar-refractivity contribution is -0.146. The van der Waals surface area contributed by atoms with Gasteiger partial charge >= 0.3 is 5.97 Å². The Bertz CT molecular complexity index is 346. The zero-order valence-electron chi connectivity index (χ0n) is 8.07. The maximum atomic E-state index is 11.1. The quantitative estimate of drug-likeness (QED) is 0.703.